The lowest BCUT2D eigenvalue weighted by atomic mass is 10.1. The minimum absolute atomic E-state index is 0.104. The lowest BCUT2D eigenvalue weighted by Gasteiger charge is -2.31. The molecule has 1 aliphatic heterocycles. The molecular weight excluding hydrogens is 545 g/mol. The quantitative estimate of drug-likeness (QED) is 0.300. The number of hydrogen-bond donors (Lipinski definition) is 0. The number of thiophene rings is 1. The van der Waals surface area contributed by atoms with Crippen LogP contribution >= 0.6 is 22.9 Å². The van der Waals surface area contributed by atoms with Crippen molar-refractivity contribution in [2.75, 3.05) is 32.7 Å². The van der Waals surface area contributed by atoms with Gasteiger partial charge in [-0.25, -0.2) is 12.8 Å². The van der Waals surface area contributed by atoms with E-state index < -0.39 is 10.0 Å². The van der Waals surface area contributed by atoms with Crippen molar-refractivity contribution in [3.63, 3.8) is 0 Å². The molecular formula is C28H33ClFN3O3S2. The molecule has 1 fully saturated rings. The van der Waals surface area contributed by atoms with Crippen molar-refractivity contribution >= 4 is 38.9 Å². The highest BCUT2D eigenvalue weighted by Gasteiger charge is 2.29. The van der Waals surface area contributed by atoms with Gasteiger partial charge >= 0.3 is 0 Å². The van der Waals surface area contributed by atoms with Gasteiger partial charge in [0.2, 0.25) is 15.9 Å². The zero-order chi connectivity index (χ0) is 27.1. The molecule has 0 atom stereocenters. The van der Waals surface area contributed by atoms with E-state index in [1.165, 1.54) is 35.0 Å². The highest BCUT2D eigenvalue weighted by atomic mass is 35.5. The summed E-state index contributed by atoms with van der Waals surface area (Å²) >= 11 is 7.59. The fourth-order valence-electron chi connectivity index (χ4n) is 4.53. The Hall–Kier alpha value is -2.30. The van der Waals surface area contributed by atoms with Gasteiger partial charge in [-0.2, -0.15) is 4.31 Å². The first-order chi connectivity index (χ1) is 18.2. The predicted octanol–water partition coefficient (Wildman–Crippen LogP) is 5.55. The number of likely N-dealkylation sites (tertiary alicyclic amines) is 1. The Balaban J connectivity index is 1.58. The number of benzene rings is 2. The first kappa shape index (κ1) is 28.7. The molecule has 0 N–H and O–H groups in total. The number of halogens is 2. The van der Waals surface area contributed by atoms with Gasteiger partial charge in [0.25, 0.3) is 0 Å². The summed E-state index contributed by atoms with van der Waals surface area (Å²) < 4.78 is 42.1. The molecule has 1 amide bonds. The average molecular weight is 578 g/mol. The fraction of sp³-hybridized carbons (Fsp3) is 0.393. The largest absolute Gasteiger partial charge is 0.332 e. The smallest absolute Gasteiger partial charge is 0.243 e. The Morgan fingerprint density at radius 1 is 0.974 bits per heavy atom. The van der Waals surface area contributed by atoms with Crippen molar-refractivity contribution in [2.45, 2.75) is 44.2 Å². The first-order valence-electron chi connectivity index (χ1n) is 12.8. The number of nitrogens with zero attached hydrogens (tertiary/aromatic N) is 3. The summed E-state index contributed by atoms with van der Waals surface area (Å²) in [5, 5.41) is 0.441. The Kier molecular flexibility index (Phi) is 9.95. The van der Waals surface area contributed by atoms with E-state index in [1.807, 2.05) is 19.1 Å². The summed E-state index contributed by atoms with van der Waals surface area (Å²) in [7, 11) is -3.94. The summed E-state index contributed by atoms with van der Waals surface area (Å²) in [5.74, 6) is -0.657. The van der Waals surface area contributed by atoms with E-state index in [2.05, 4.69) is 4.90 Å². The summed E-state index contributed by atoms with van der Waals surface area (Å²) in [6.45, 7) is 4.92. The van der Waals surface area contributed by atoms with E-state index in [-0.39, 0.29) is 36.3 Å². The summed E-state index contributed by atoms with van der Waals surface area (Å²) in [6.07, 6.45) is 3.37. The van der Waals surface area contributed by atoms with Gasteiger partial charge in [0.15, 0.2) is 0 Å². The van der Waals surface area contributed by atoms with Gasteiger partial charge in [-0.1, -0.05) is 30.2 Å². The van der Waals surface area contributed by atoms with Gasteiger partial charge in [-0.15, -0.1) is 11.3 Å². The van der Waals surface area contributed by atoms with Crippen LogP contribution in [0.25, 0.3) is 0 Å². The molecule has 2 aromatic carbocycles. The van der Waals surface area contributed by atoms with Crippen LogP contribution < -0.4 is 0 Å². The molecule has 4 rings (SSSR count). The molecule has 1 aliphatic rings. The number of hydrogen-bond acceptors (Lipinski definition) is 5. The second kappa shape index (κ2) is 13.2. The van der Waals surface area contributed by atoms with Crippen LogP contribution in [0.5, 0.6) is 0 Å². The van der Waals surface area contributed by atoms with E-state index in [4.69, 9.17) is 11.6 Å². The molecule has 0 aliphatic carbocycles. The van der Waals surface area contributed by atoms with Crippen molar-refractivity contribution in [3.8, 4) is 0 Å². The van der Waals surface area contributed by atoms with Crippen LogP contribution in [0.2, 0.25) is 5.02 Å². The van der Waals surface area contributed by atoms with E-state index in [0.29, 0.717) is 18.1 Å². The Labute approximate surface area is 233 Å². The number of sulfonamides is 1. The van der Waals surface area contributed by atoms with Gasteiger partial charge in [0, 0.05) is 34.4 Å². The average Bonchev–Trinajstić information content (AvgIpc) is 3.32. The zero-order valence-corrected chi connectivity index (χ0v) is 23.9. The Morgan fingerprint density at radius 3 is 2.29 bits per heavy atom. The van der Waals surface area contributed by atoms with Gasteiger partial charge < -0.3 is 9.80 Å². The van der Waals surface area contributed by atoms with E-state index >= 15 is 0 Å². The molecule has 0 spiro atoms. The molecule has 0 saturated carbocycles. The third-order valence-corrected chi connectivity index (χ3v) is 9.76. The minimum atomic E-state index is -3.94. The normalized spacial score (nSPS) is 14.6. The van der Waals surface area contributed by atoms with Gasteiger partial charge in [0.1, 0.15) is 5.82 Å². The van der Waals surface area contributed by atoms with Crippen LogP contribution in [0.3, 0.4) is 0 Å². The van der Waals surface area contributed by atoms with E-state index in [0.717, 1.165) is 41.2 Å². The third-order valence-electron chi connectivity index (χ3n) is 6.66. The topological polar surface area (TPSA) is 60.9 Å². The fourth-order valence-corrected chi connectivity index (χ4v) is 6.94. The van der Waals surface area contributed by atoms with Crippen molar-refractivity contribution in [3.05, 3.63) is 86.8 Å². The van der Waals surface area contributed by atoms with Crippen molar-refractivity contribution in [1.82, 2.24) is 14.1 Å². The molecule has 0 radical (unpaired) electrons. The molecule has 1 aromatic heterocycles. The van der Waals surface area contributed by atoms with Gasteiger partial charge in [-0.05, 0) is 86.9 Å². The van der Waals surface area contributed by atoms with Crippen LogP contribution in [0, 0.1) is 12.7 Å². The predicted molar refractivity (Wildman–Crippen MR) is 150 cm³/mol. The number of amides is 1. The maximum Gasteiger partial charge on any atom is 0.243 e. The Bertz CT molecular complexity index is 1310. The minimum Gasteiger partial charge on any atom is -0.332 e. The maximum absolute atomic E-state index is 13.7. The van der Waals surface area contributed by atoms with Gasteiger partial charge in [-0.3, -0.25) is 4.79 Å². The van der Waals surface area contributed by atoms with E-state index in [1.54, 1.807) is 40.5 Å². The molecule has 38 heavy (non-hydrogen) atoms. The molecule has 204 valence electrons. The lowest BCUT2D eigenvalue weighted by Crippen LogP contribution is -2.45. The van der Waals surface area contributed by atoms with Crippen LogP contribution in [-0.4, -0.2) is 61.2 Å². The van der Waals surface area contributed by atoms with Crippen LogP contribution in [-0.2, 0) is 27.9 Å². The molecule has 0 unspecified atom stereocenters. The molecule has 1 saturated heterocycles. The van der Waals surface area contributed by atoms with Crippen molar-refractivity contribution in [2.24, 2.45) is 0 Å². The molecule has 2 heterocycles. The summed E-state index contributed by atoms with van der Waals surface area (Å²) in [4.78, 5) is 19.9. The SMILES string of the molecule is Cc1ccc(CN(Cc2ccc(F)cc2)C(=O)CN(CCN2CCCCC2)S(=O)(=O)c2ccc(Cl)cc2)s1. The van der Waals surface area contributed by atoms with E-state index in [9.17, 15) is 17.6 Å². The van der Waals surface area contributed by atoms with Crippen LogP contribution in [0.4, 0.5) is 4.39 Å². The Morgan fingerprint density at radius 2 is 1.66 bits per heavy atom. The number of aryl methyl sites for hydroxylation is 1. The maximum atomic E-state index is 13.7. The number of carbonyl (C=O) groups is 1. The monoisotopic (exact) mass is 577 g/mol. The van der Waals surface area contributed by atoms with Crippen molar-refractivity contribution < 1.29 is 17.6 Å². The number of rotatable bonds is 11. The zero-order valence-electron chi connectivity index (χ0n) is 21.5. The van der Waals surface area contributed by atoms with Crippen LogP contribution in [0.1, 0.15) is 34.6 Å². The van der Waals surface area contributed by atoms with Gasteiger partial charge in [0.05, 0.1) is 18.0 Å². The number of carbonyl (C=O) groups excluding carboxylic acids is 1. The molecule has 10 heteroatoms. The lowest BCUT2D eigenvalue weighted by molar-refractivity contribution is -0.132. The summed E-state index contributed by atoms with van der Waals surface area (Å²) in [6, 6.07) is 16.0. The highest BCUT2D eigenvalue weighted by molar-refractivity contribution is 7.89. The third kappa shape index (κ3) is 7.86. The molecule has 3 aromatic rings. The molecule has 6 nitrogen and oxygen atoms in total. The standard InChI is InChI=1S/C28H33ClFN3O3S2/c1-22-5-12-26(37-22)20-32(19-23-6-10-25(30)11-7-23)28(34)21-33(18-17-31-15-3-2-4-16-31)38(35,36)27-13-8-24(29)9-14-27/h5-14H,2-4,15-21H2,1H3. The molecule has 0 bridgehead atoms. The second-order valence-corrected chi connectivity index (χ2v) is 13.3. The first-order valence-corrected chi connectivity index (χ1v) is 15.4. The number of piperidine rings is 1. The summed E-state index contributed by atoms with van der Waals surface area (Å²) in [5.41, 5.74) is 0.772. The van der Waals surface area contributed by atoms with Crippen LogP contribution in [0.15, 0.2) is 65.6 Å². The van der Waals surface area contributed by atoms with Crippen molar-refractivity contribution in [1.29, 1.82) is 0 Å². The highest BCUT2D eigenvalue weighted by Crippen LogP contribution is 2.22. The second-order valence-electron chi connectivity index (χ2n) is 9.58.